The molecule has 1 fully saturated rings. The summed E-state index contributed by atoms with van der Waals surface area (Å²) in [6.07, 6.45) is 0. The molecule has 1 aromatic carbocycles. The smallest absolute Gasteiger partial charge is 0.242 e. The Balaban J connectivity index is 2.07. The molecule has 0 aromatic heterocycles. The van der Waals surface area contributed by atoms with Crippen LogP contribution in [-0.2, 0) is 4.79 Å². The molecule has 16 heavy (non-hydrogen) atoms. The van der Waals surface area contributed by atoms with Crippen molar-refractivity contribution >= 4 is 39.3 Å². The molecular formula is C10H11BrN2O2S. The Labute approximate surface area is 106 Å². The zero-order chi connectivity index (χ0) is 11.5. The molecule has 1 amide bonds. The normalized spacial score (nSPS) is 19.7. The molecule has 1 unspecified atom stereocenters. The number of rotatable bonds is 2. The van der Waals surface area contributed by atoms with Gasteiger partial charge in [-0.15, -0.1) is 11.8 Å². The third kappa shape index (κ3) is 2.69. The summed E-state index contributed by atoms with van der Waals surface area (Å²) in [6.45, 7) is 0. The summed E-state index contributed by atoms with van der Waals surface area (Å²) >= 11 is 4.97. The quantitative estimate of drug-likeness (QED) is 0.729. The fraction of sp³-hybridized carbons (Fsp3) is 0.300. The highest BCUT2D eigenvalue weighted by Gasteiger charge is 2.23. The van der Waals surface area contributed by atoms with Crippen LogP contribution in [0.4, 0.5) is 5.69 Å². The standard InChI is InChI=1S/C10H11BrN2O2S/c11-6-1-2-9(14)7(3-6)13-10(15)8-4-16-5-12-8/h1-3,8,12,14H,4-5H2,(H,13,15). The highest BCUT2D eigenvalue weighted by atomic mass is 79.9. The predicted molar refractivity (Wildman–Crippen MR) is 68.7 cm³/mol. The molecular weight excluding hydrogens is 292 g/mol. The lowest BCUT2D eigenvalue weighted by atomic mass is 10.2. The summed E-state index contributed by atoms with van der Waals surface area (Å²) in [7, 11) is 0. The van der Waals surface area contributed by atoms with Crippen LogP contribution >= 0.6 is 27.7 Å². The number of nitrogens with one attached hydrogen (secondary N) is 2. The highest BCUT2D eigenvalue weighted by Crippen LogP contribution is 2.27. The molecule has 0 spiro atoms. The molecule has 4 nitrogen and oxygen atoms in total. The number of benzene rings is 1. The summed E-state index contributed by atoms with van der Waals surface area (Å²) in [4.78, 5) is 11.8. The number of phenols is 1. The van der Waals surface area contributed by atoms with Crippen molar-refractivity contribution in [1.82, 2.24) is 5.32 Å². The van der Waals surface area contributed by atoms with E-state index in [9.17, 15) is 9.90 Å². The molecule has 2 rings (SSSR count). The van der Waals surface area contributed by atoms with E-state index in [0.29, 0.717) is 5.69 Å². The third-order valence-electron chi connectivity index (χ3n) is 2.25. The summed E-state index contributed by atoms with van der Waals surface area (Å²) in [5, 5.41) is 15.3. The maximum absolute atomic E-state index is 11.8. The Morgan fingerprint density at radius 1 is 1.62 bits per heavy atom. The van der Waals surface area contributed by atoms with Crippen molar-refractivity contribution in [3.8, 4) is 5.75 Å². The molecule has 1 aromatic rings. The van der Waals surface area contributed by atoms with Gasteiger partial charge in [-0.25, -0.2) is 0 Å². The summed E-state index contributed by atoms with van der Waals surface area (Å²) in [5.74, 6) is 1.52. The van der Waals surface area contributed by atoms with E-state index in [-0.39, 0.29) is 17.7 Å². The second kappa shape index (κ2) is 5.07. The minimum Gasteiger partial charge on any atom is -0.506 e. The van der Waals surface area contributed by atoms with Crippen LogP contribution in [0.1, 0.15) is 0 Å². The van der Waals surface area contributed by atoms with Gasteiger partial charge in [-0.3, -0.25) is 10.1 Å². The number of phenolic OH excluding ortho intramolecular Hbond substituents is 1. The van der Waals surface area contributed by atoms with Crippen LogP contribution < -0.4 is 10.6 Å². The van der Waals surface area contributed by atoms with Gasteiger partial charge in [-0.2, -0.15) is 0 Å². The monoisotopic (exact) mass is 302 g/mol. The minimum atomic E-state index is -0.177. The van der Waals surface area contributed by atoms with E-state index in [1.54, 1.807) is 23.9 Å². The fourth-order valence-corrected chi connectivity index (χ4v) is 2.69. The first-order valence-electron chi connectivity index (χ1n) is 4.77. The van der Waals surface area contributed by atoms with Crippen LogP contribution in [0.3, 0.4) is 0 Å². The lowest BCUT2D eigenvalue weighted by Crippen LogP contribution is -2.37. The van der Waals surface area contributed by atoms with Gasteiger partial charge in [0.25, 0.3) is 0 Å². The van der Waals surface area contributed by atoms with Crippen LogP contribution in [0.5, 0.6) is 5.75 Å². The summed E-state index contributed by atoms with van der Waals surface area (Å²) < 4.78 is 0.814. The molecule has 0 saturated carbocycles. The van der Waals surface area contributed by atoms with Crippen LogP contribution in [0.2, 0.25) is 0 Å². The molecule has 1 aliphatic heterocycles. The van der Waals surface area contributed by atoms with Gasteiger partial charge >= 0.3 is 0 Å². The highest BCUT2D eigenvalue weighted by molar-refractivity contribution is 9.10. The van der Waals surface area contributed by atoms with Crippen molar-refractivity contribution in [2.24, 2.45) is 0 Å². The van der Waals surface area contributed by atoms with Gasteiger partial charge in [-0.1, -0.05) is 15.9 Å². The Bertz CT molecular complexity index is 408. The Kier molecular flexibility index (Phi) is 3.73. The van der Waals surface area contributed by atoms with Crippen LogP contribution in [0.15, 0.2) is 22.7 Å². The molecule has 1 heterocycles. The largest absolute Gasteiger partial charge is 0.506 e. The van der Waals surface area contributed by atoms with E-state index in [4.69, 9.17) is 0 Å². The predicted octanol–water partition coefficient (Wildman–Crippen LogP) is 1.76. The van der Waals surface area contributed by atoms with E-state index >= 15 is 0 Å². The van der Waals surface area contributed by atoms with Gasteiger partial charge in [0.05, 0.1) is 11.7 Å². The van der Waals surface area contributed by atoms with Crippen molar-refractivity contribution in [3.63, 3.8) is 0 Å². The third-order valence-corrected chi connectivity index (χ3v) is 3.68. The molecule has 1 aliphatic rings. The van der Waals surface area contributed by atoms with Crippen molar-refractivity contribution in [1.29, 1.82) is 0 Å². The van der Waals surface area contributed by atoms with Crippen molar-refractivity contribution in [2.75, 3.05) is 16.9 Å². The maximum Gasteiger partial charge on any atom is 0.242 e. The molecule has 0 bridgehead atoms. The number of carbonyl (C=O) groups is 1. The van der Waals surface area contributed by atoms with Gasteiger partial charge in [0.2, 0.25) is 5.91 Å². The first kappa shape index (κ1) is 11.8. The Morgan fingerprint density at radius 2 is 2.44 bits per heavy atom. The average Bonchev–Trinajstić information content (AvgIpc) is 2.76. The first-order chi connectivity index (χ1) is 7.66. The molecule has 3 N–H and O–H groups in total. The van der Waals surface area contributed by atoms with E-state index in [2.05, 4.69) is 26.6 Å². The molecule has 6 heteroatoms. The van der Waals surface area contributed by atoms with E-state index in [1.807, 2.05) is 0 Å². The SMILES string of the molecule is O=C(Nc1cc(Br)ccc1O)C1CSCN1. The minimum absolute atomic E-state index is 0.0715. The number of hydrogen-bond acceptors (Lipinski definition) is 4. The zero-order valence-corrected chi connectivity index (χ0v) is 10.8. The molecule has 0 radical (unpaired) electrons. The second-order valence-electron chi connectivity index (χ2n) is 3.42. The molecule has 0 aliphatic carbocycles. The lowest BCUT2D eigenvalue weighted by molar-refractivity contribution is -0.117. The van der Waals surface area contributed by atoms with E-state index in [1.165, 1.54) is 6.07 Å². The van der Waals surface area contributed by atoms with Crippen LogP contribution in [-0.4, -0.2) is 28.7 Å². The van der Waals surface area contributed by atoms with Gasteiger partial charge in [0.15, 0.2) is 0 Å². The fourth-order valence-electron chi connectivity index (χ4n) is 1.39. The average molecular weight is 303 g/mol. The number of aromatic hydroxyl groups is 1. The number of hydrogen-bond donors (Lipinski definition) is 3. The van der Waals surface area contributed by atoms with Crippen LogP contribution in [0, 0.1) is 0 Å². The zero-order valence-electron chi connectivity index (χ0n) is 8.37. The lowest BCUT2D eigenvalue weighted by Gasteiger charge is -2.11. The van der Waals surface area contributed by atoms with Crippen LogP contribution in [0.25, 0.3) is 0 Å². The number of anilines is 1. The maximum atomic E-state index is 11.8. The topological polar surface area (TPSA) is 61.4 Å². The number of amides is 1. The van der Waals surface area contributed by atoms with Gasteiger partial charge < -0.3 is 10.4 Å². The Hall–Kier alpha value is -0.720. The molecule has 1 atom stereocenters. The van der Waals surface area contributed by atoms with Gasteiger partial charge in [0, 0.05) is 16.1 Å². The number of thioether (sulfide) groups is 1. The summed E-state index contributed by atoms with van der Waals surface area (Å²) in [5.41, 5.74) is 0.429. The van der Waals surface area contributed by atoms with Crippen molar-refractivity contribution in [2.45, 2.75) is 6.04 Å². The number of halogens is 1. The van der Waals surface area contributed by atoms with E-state index < -0.39 is 0 Å². The van der Waals surface area contributed by atoms with Crippen molar-refractivity contribution in [3.05, 3.63) is 22.7 Å². The molecule has 1 saturated heterocycles. The Morgan fingerprint density at radius 3 is 3.12 bits per heavy atom. The summed E-state index contributed by atoms with van der Waals surface area (Å²) in [6, 6.07) is 4.75. The van der Waals surface area contributed by atoms with Gasteiger partial charge in [-0.05, 0) is 18.2 Å². The number of carbonyl (C=O) groups excluding carboxylic acids is 1. The van der Waals surface area contributed by atoms with Gasteiger partial charge in [0.1, 0.15) is 5.75 Å². The van der Waals surface area contributed by atoms with Crippen molar-refractivity contribution < 1.29 is 9.90 Å². The van der Waals surface area contributed by atoms with E-state index in [0.717, 1.165) is 16.1 Å². The molecule has 86 valence electrons. The first-order valence-corrected chi connectivity index (χ1v) is 6.72. The second-order valence-corrected chi connectivity index (χ2v) is 5.37.